The van der Waals surface area contributed by atoms with Crippen LogP contribution in [0.15, 0.2) is 30.3 Å². The Hall–Kier alpha value is -1.42. The number of halogens is 1. The van der Waals surface area contributed by atoms with Gasteiger partial charge in [0.25, 0.3) is 0 Å². The molecule has 3 aliphatic rings. The molecule has 1 unspecified atom stereocenters. The van der Waals surface area contributed by atoms with Crippen LogP contribution in [0.2, 0.25) is 0 Å². The van der Waals surface area contributed by atoms with Crippen LogP contribution in [0.5, 0.6) is 0 Å². The zero-order chi connectivity index (χ0) is 21.0. The quantitative estimate of drug-likeness (QED) is 0.638. The van der Waals surface area contributed by atoms with Gasteiger partial charge in [-0.25, -0.2) is 0 Å². The molecular formula is C26H39FN2O. The van der Waals surface area contributed by atoms with Crippen LogP contribution in [-0.2, 0) is 10.2 Å². The molecule has 0 radical (unpaired) electrons. The predicted molar refractivity (Wildman–Crippen MR) is 120 cm³/mol. The third-order valence-electron chi connectivity index (χ3n) is 8.47. The fourth-order valence-corrected chi connectivity index (χ4v) is 6.99. The summed E-state index contributed by atoms with van der Waals surface area (Å²) in [6, 6.07) is 11.1. The lowest BCUT2D eigenvalue weighted by Crippen LogP contribution is -2.48. The Bertz CT molecular complexity index is 702. The Morgan fingerprint density at radius 1 is 1.07 bits per heavy atom. The largest absolute Gasteiger partial charge is 0.353 e. The van der Waals surface area contributed by atoms with Gasteiger partial charge in [-0.05, 0) is 99.0 Å². The Balaban J connectivity index is 1.36. The smallest absolute Gasteiger partial charge is 0.220 e. The number of rotatable bonds is 7. The fraction of sp³-hybridized carbons (Fsp3) is 0.731. The molecule has 0 saturated heterocycles. The van der Waals surface area contributed by atoms with Crippen molar-refractivity contribution in [1.82, 2.24) is 5.32 Å². The molecule has 3 atom stereocenters. The van der Waals surface area contributed by atoms with Gasteiger partial charge in [-0.2, -0.15) is 0 Å². The minimum atomic E-state index is -0.214. The molecule has 3 aliphatic carbocycles. The van der Waals surface area contributed by atoms with Crippen molar-refractivity contribution < 1.29 is 9.18 Å². The summed E-state index contributed by atoms with van der Waals surface area (Å²) >= 11 is 0. The molecule has 0 aliphatic heterocycles. The van der Waals surface area contributed by atoms with E-state index in [1.165, 1.54) is 5.56 Å². The maximum Gasteiger partial charge on any atom is 0.220 e. The molecule has 0 heterocycles. The number of nitrogens with one attached hydrogen (secondary N) is 1. The van der Waals surface area contributed by atoms with E-state index in [4.69, 9.17) is 5.73 Å². The predicted octanol–water partition coefficient (Wildman–Crippen LogP) is 5.28. The molecule has 3 saturated carbocycles. The van der Waals surface area contributed by atoms with Crippen molar-refractivity contribution in [3.05, 3.63) is 35.9 Å². The lowest BCUT2D eigenvalue weighted by atomic mass is 9.50. The van der Waals surface area contributed by atoms with E-state index in [-0.39, 0.29) is 23.4 Å². The molecule has 4 heteroatoms. The molecule has 0 aromatic heterocycles. The van der Waals surface area contributed by atoms with Crippen molar-refractivity contribution >= 4 is 5.91 Å². The van der Waals surface area contributed by atoms with Gasteiger partial charge < -0.3 is 11.1 Å². The monoisotopic (exact) mass is 414 g/mol. The van der Waals surface area contributed by atoms with Crippen molar-refractivity contribution in [2.24, 2.45) is 23.0 Å². The summed E-state index contributed by atoms with van der Waals surface area (Å²) in [5.74, 6) is 1.25. The van der Waals surface area contributed by atoms with Crippen LogP contribution < -0.4 is 11.1 Å². The maximum absolute atomic E-state index is 14.3. The van der Waals surface area contributed by atoms with Crippen LogP contribution in [0.25, 0.3) is 0 Å². The molecule has 1 aromatic rings. The zero-order valence-corrected chi connectivity index (χ0v) is 18.4. The van der Waals surface area contributed by atoms with Crippen LogP contribution in [0, 0.1) is 17.3 Å². The molecule has 4 rings (SSSR count). The number of carbonyl (C=O) groups excluding carboxylic acids is 1. The highest BCUT2D eigenvalue weighted by atomic mass is 19.1. The molecule has 1 aromatic carbocycles. The van der Waals surface area contributed by atoms with E-state index in [0.717, 1.165) is 77.2 Å². The second kappa shape index (κ2) is 9.38. The summed E-state index contributed by atoms with van der Waals surface area (Å²) < 4.78 is 14.3. The standard InChI is InChI=1S/C26H39FN2O/c27-19-25-13-4-14-26(18-25,22-5-2-1-3-6-22)16-21(15-25)9-12-24(30)29-23-10-7-20(17-28)8-11-23/h1-3,5-6,20-21,23H,4,7-19,28H2,(H,29,30)/t20?,21?,23?,25-,26+/m0/s1. The first-order chi connectivity index (χ1) is 14.6. The number of nitrogens with two attached hydrogens (primary N) is 1. The number of hydrogen-bond donors (Lipinski definition) is 2. The van der Waals surface area contributed by atoms with Gasteiger partial charge in [-0.15, -0.1) is 0 Å². The van der Waals surface area contributed by atoms with Gasteiger partial charge in [-0.3, -0.25) is 9.18 Å². The van der Waals surface area contributed by atoms with E-state index in [1.54, 1.807) is 0 Å². The van der Waals surface area contributed by atoms with Crippen molar-refractivity contribution in [2.75, 3.05) is 13.2 Å². The second-order valence-corrected chi connectivity index (χ2v) is 10.6. The normalized spacial score (nSPS) is 36.3. The van der Waals surface area contributed by atoms with Gasteiger partial charge in [0.05, 0.1) is 6.67 Å². The van der Waals surface area contributed by atoms with E-state index in [9.17, 15) is 9.18 Å². The molecule has 3 N–H and O–H groups in total. The molecule has 3 fully saturated rings. The average molecular weight is 415 g/mol. The molecular weight excluding hydrogens is 375 g/mol. The summed E-state index contributed by atoms with van der Waals surface area (Å²) in [6.45, 7) is 0.552. The molecule has 1 amide bonds. The van der Waals surface area contributed by atoms with Gasteiger partial charge in [-0.1, -0.05) is 36.8 Å². The Kier molecular flexibility index (Phi) is 6.81. The molecule has 3 nitrogen and oxygen atoms in total. The number of carbonyl (C=O) groups is 1. The van der Waals surface area contributed by atoms with Gasteiger partial charge >= 0.3 is 0 Å². The Labute approximate surface area is 181 Å². The summed E-state index contributed by atoms with van der Waals surface area (Å²) in [6.07, 6.45) is 12.2. The van der Waals surface area contributed by atoms with Crippen molar-refractivity contribution in [3.8, 4) is 0 Å². The Morgan fingerprint density at radius 3 is 2.53 bits per heavy atom. The summed E-state index contributed by atoms with van der Waals surface area (Å²) in [7, 11) is 0. The summed E-state index contributed by atoms with van der Waals surface area (Å²) in [5, 5.41) is 3.26. The van der Waals surface area contributed by atoms with Crippen molar-refractivity contribution in [2.45, 2.75) is 88.5 Å². The number of amides is 1. The molecule has 166 valence electrons. The van der Waals surface area contributed by atoms with Crippen LogP contribution in [0.1, 0.15) is 82.6 Å². The first-order valence-corrected chi connectivity index (χ1v) is 12.2. The van der Waals surface area contributed by atoms with E-state index < -0.39 is 0 Å². The number of hydrogen-bond acceptors (Lipinski definition) is 2. The third-order valence-corrected chi connectivity index (χ3v) is 8.47. The average Bonchev–Trinajstić information content (AvgIpc) is 2.78. The lowest BCUT2D eigenvalue weighted by Gasteiger charge is -2.54. The van der Waals surface area contributed by atoms with Gasteiger partial charge in [0.2, 0.25) is 5.91 Å². The number of fused-ring (bicyclic) bond motifs is 2. The van der Waals surface area contributed by atoms with E-state index in [2.05, 4.69) is 35.6 Å². The highest BCUT2D eigenvalue weighted by Crippen LogP contribution is 2.59. The SMILES string of the molecule is NCC1CCC(NC(=O)CCC2C[C@@]3(CF)CCC[C@@](c4ccccc4)(C2)C3)CC1. The first kappa shape index (κ1) is 21.8. The van der Waals surface area contributed by atoms with Crippen LogP contribution >= 0.6 is 0 Å². The van der Waals surface area contributed by atoms with Crippen molar-refractivity contribution in [1.29, 1.82) is 0 Å². The van der Waals surface area contributed by atoms with Gasteiger partial charge in [0, 0.05) is 12.5 Å². The Morgan fingerprint density at radius 2 is 1.83 bits per heavy atom. The van der Waals surface area contributed by atoms with Gasteiger partial charge in [0.15, 0.2) is 0 Å². The highest BCUT2D eigenvalue weighted by Gasteiger charge is 2.51. The molecule has 30 heavy (non-hydrogen) atoms. The first-order valence-electron chi connectivity index (χ1n) is 12.2. The fourth-order valence-electron chi connectivity index (χ4n) is 6.99. The maximum atomic E-state index is 14.3. The lowest BCUT2D eigenvalue weighted by molar-refractivity contribution is -0.122. The third kappa shape index (κ3) is 4.74. The van der Waals surface area contributed by atoms with E-state index >= 15 is 0 Å². The summed E-state index contributed by atoms with van der Waals surface area (Å²) in [5.41, 5.74) is 7.09. The van der Waals surface area contributed by atoms with Gasteiger partial charge in [0.1, 0.15) is 0 Å². The van der Waals surface area contributed by atoms with Crippen LogP contribution in [0.3, 0.4) is 0 Å². The number of alkyl halides is 1. The van der Waals surface area contributed by atoms with Crippen molar-refractivity contribution in [3.63, 3.8) is 0 Å². The molecule has 0 spiro atoms. The van der Waals surface area contributed by atoms with E-state index in [0.29, 0.717) is 24.3 Å². The minimum absolute atomic E-state index is 0.103. The minimum Gasteiger partial charge on any atom is -0.353 e. The van der Waals surface area contributed by atoms with Crippen LogP contribution in [0.4, 0.5) is 4.39 Å². The van der Waals surface area contributed by atoms with Crippen LogP contribution in [-0.4, -0.2) is 25.2 Å². The zero-order valence-electron chi connectivity index (χ0n) is 18.4. The highest BCUT2D eigenvalue weighted by molar-refractivity contribution is 5.76. The second-order valence-electron chi connectivity index (χ2n) is 10.6. The van der Waals surface area contributed by atoms with E-state index in [1.807, 2.05) is 0 Å². The molecule has 2 bridgehead atoms. The topological polar surface area (TPSA) is 55.1 Å². The number of benzene rings is 1. The summed E-state index contributed by atoms with van der Waals surface area (Å²) in [4.78, 5) is 12.6.